The summed E-state index contributed by atoms with van der Waals surface area (Å²) in [7, 11) is 1.74. The fourth-order valence-electron chi connectivity index (χ4n) is 1.82. The van der Waals surface area contributed by atoms with Gasteiger partial charge in [0.15, 0.2) is 11.6 Å². The Morgan fingerprint density at radius 3 is 2.53 bits per heavy atom. The van der Waals surface area contributed by atoms with Gasteiger partial charge < -0.3 is 5.32 Å². The van der Waals surface area contributed by atoms with E-state index in [9.17, 15) is 8.78 Å². The average Bonchev–Trinajstić information content (AvgIpc) is 2.84. The zero-order valence-corrected chi connectivity index (χ0v) is 10.4. The van der Waals surface area contributed by atoms with Crippen molar-refractivity contribution >= 4 is 11.3 Å². The van der Waals surface area contributed by atoms with Gasteiger partial charge in [-0.3, -0.25) is 0 Å². The minimum atomic E-state index is -0.768. The van der Waals surface area contributed by atoms with Gasteiger partial charge in [-0.25, -0.2) is 8.78 Å². The fourth-order valence-corrected chi connectivity index (χ4v) is 2.51. The lowest BCUT2D eigenvalue weighted by molar-refractivity contribution is 0.482. The number of nitrogens with one attached hydrogen (secondary N) is 1. The summed E-state index contributed by atoms with van der Waals surface area (Å²) in [5.74, 6) is -1.53. The third kappa shape index (κ3) is 2.23. The second kappa shape index (κ2) is 4.94. The van der Waals surface area contributed by atoms with Gasteiger partial charge in [0.1, 0.15) is 0 Å². The maximum Gasteiger partial charge on any atom is 0.164 e. The van der Waals surface area contributed by atoms with E-state index in [1.165, 1.54) is 11.3 Å². The monoisotopic (exact) mass is 253 g/mol. The minimum absolute atomic E-state index is 0.309. The summed E-state index contributed by atoms with van der Waals surface area (Å²) in [6.07, 6.45) is 0. The molecule has 2 aromatic rings. The predicted molar refractivity (Wildman–Crippen MR) is 66.3 cm³/mol. The van der Waals surface area contributed by atoms with Crippen molar-refractivity contribution in [3.05, 3.63) is 57.3 Å². The van der Waals surface area contributed by atoms with Gasteiger partial charge in [0.25, 0.3) is 0 Å². The Balaban J connectivity index is 2.49. The first kappa shape index (κ1) is 12.2. The van der Waals surface area contributed by atoms with Crippen molar-refractivity contribution in [1.82, 2.24) is 5.32 Å². The van der Waals surface area contributed by atoms with Gasteiger partial charge in [0.05, 0.1) is 6.04 Å². The first-order chi connectivity index (χ1) is 8.15. The number of hydrogen-bond donors (Lipinski definition) is 1. The number of benzene rings is 1. The number of aryl methyl sites for hydroxylation is 1. The molecule has 0 bridgehead atoms. The van der Waals surface area contributed by atoms with Crippen molar-refractivity contribution in [2.75, 3.05) is 7.05 Å². The maximum absolute atomic E-state index is 13.9. The van der Waals surface area contributed by atoms with Crippen molar-refractivity contribution < 1.29 is 8.78 Å². The van der Waals surface area contributed by atoms with Crippen LogP contribution in [0.5, 0.6) is 0 Å². The first-order valence-corrected chi connectivity index (χ1v) is 6.23. The quantitative estimate of drug-likeness (QED) is 0.880. The van der Waals surface area contributed by atoms with Crippen LogP contribution in [-0.4, -0.2) is 7.05 Å². The van der Waals surface area contributed by atoms with E-state index in [4.69, 9.17) is 0 Å². The van der Waals surface area contributed by atoms with E-state index in [2.05, 4.69) is 5.32 Å². The van der Waals surface area contributed by atoms with E-state index in [-0.39, 0.29) is 6.04 Å². The van der Waals surface area contributed by atoms with Gasteiger partial charge in [-0.05, 0) is 41.9 Å². The molecule has 1 nitrogen and oxygen atoms in total. The topological polar surface area (TPSA) is 12.0 Å². The molecule has 0 aliphatic carbocycles. The summed E-state index contributed by atoms with van der Waals surface area (Å²) < 4.78 is 27.4. The molecule has 0 spiro atoms. The third-order valence-corrected chi connectivity index (χ3v) is 3.48. The highest BCUT2D eigenvalue weighted by atomic mass is 32.1. The Morgan fingerprint density at radius 1 is 1.18 bits per heavy atom. The Kier molecular flexibility index (Phi) is 3.54. The van der Waals surface area contributed by atoms with Crippen molar-refractivity contribution in [2.45, 2.75) is 13.0 Å². The Labute approximate surface area is 103 Å². The van der Waals surface area contributed by atoms with Crippen LogP contribution in [0.2, 0.25) is 0 Å². The number of thiophene rings is 1. The highest BCUT2D eigenvalue weighted by molar-refractivity contribution is 7.08. The number of halogens is 2. The van der Waals surface area contributed by atoms with Crippen LogP contribution in [0.3, 0.4) is 0 Å². The standard InChI is InChI=1S/C13H13F2NS/c1-8-3-4-10(12(15)11(8)14)13(16-2)9-5-6-17-7-9/h3-7,13,16H,1-2H3. The van der Waals surface area contributed by atoms with Crippen LogP contribution in [0.25, 0.3) is 0 Å². The summed E-state index contributed by atoms with van der Waals surface area (Å²) in [4.78, 5) is 0. The molecule has 0 fully saturated rings. The molecular formula is C13H13F2NS. The SMILES string of the molecule is CNC(c1ccsc1)c1ccc(C)c(F)c1F. The van der Waals surface area contributed by atoms with Gasteiger partial charge in [0.2, 0.25) is 0 Å². The lowest BCUT2D eigenvalue weighted by Gasteiger charge is -2.17. The molecule has 1 heterocycles. The minimum Gasteiger partial charge on any atom is -0.309 e. The van der Waals surface area contributed by atoms with Crippen LogP contribution >= 0.6 is 11.3 Å². The third-order valence-electron chi connectivity index (χ3n) is 2.78. The second-order valence-electron chi connectivity index (χ2n) is 3.88. The molecular weight excluding hydrogens is 240 g/mol. The van der Waals surface area contributed by atoms with Gasteiger partial charge in [0, 0.05) is 5.56 Å². The molecule has 0 saturated heterocycles. The molecule has 1 atom stereocenters. The molecule has 0 saturated carbocycles. The van der Waals surface area contributed by atoms with Gasteiger partial charge in [-0.15, -0.1) is 0 Å². The molecule has 0 radical (unpaired) electrons. The van der Waals surface area contributed by atoms with Gasteiger partial charge in [-0.1, -0.05) is 12.1 Å². The lowest BCUT2D eigenvalue weighted by atomic mass is 9.99. The predicted octanol–water partition coefficient (Wildman–Crippen LogP) is 3.64. The maximum atomic E-state index is 13.9. The highest BCUT2D eigenvalue weighted by Crippen LogP contribution is 2.27. The van der Waals surface area contributed by atoms with Crippen molar-refractivity contribution in [3.8, 4) is 0 Å². The zero-order valence-electron chi connectivity index (χ0n) is 9.63. The van der Waals surface area contributed by atoms with E-state index in [1.807, 2.05) is 16.8 Å². The van der Waals surface area contributed by atoms with Gasteiger partial charge >= 0.3 is 0 Å². The molecule has 0 aliphatic heterocycles. The van der Waals surface area contributed by atoms with Crippen molar-refractivity contribution in [3.63, 3.8) is 0 Å². The molecule has 1 unspecified atom stereocenters. The molecule has 17 heavy (non-hydrogen) atoms. The molecule has 2 rings (SSSR count). The summed E-state index contributed by atoms with van der Waals surface area (Å²) >= 11 is 1.53. The molecule has 1 aromatic carbocycles. The van der Waals surface area contributed by atoms with Crippen molar-refractivity contribution in [2.24, 2.45) is 0 Å². The first-order valence-electron chi connectivity index (χ1n) is 5.29. The summed E-state index contributed by atoms with van der Waals surface area (Å²) in [5.41, 5.74) is 1.61. The van der Waals surface area contributed by atoms with Crippen LogP contribution in [0.4, 0.5) is 8.78 Å². The molecule has 0 amide bonds. The van der Waals surface area contributed by atoms with Crippen LogP contribution in [0.1, 0.15) is 22.7 Å². The van der Waals surface area contributed by atoms with E-state index in [0.717, 1.165) is 5.56 Å². The summed E-state index contributed by atoms with van der Waals surface area (Å²) in [6, 6.07) is 4.83. The van der Waals surface area contributed by atoms with E-state index < -0.39 is 11.6 Å². The summed E-state index contributed by atoms with van der Waals surface area (Å²) in [6.45, 7) is 1.56. The smallest absolute Gasteiger partial charge is 0.164 e. The van der Waals surface area contributed by atoms with Crippen LogP contribution in [0, 0.1) is 18.6 Å². The van der Waals surface area contributed by atoms with Crippen LogP contribution in [-0.2, 0) is 0 Å². The zero-order chi connectivity index (χ0) is 12.4. The Hall–Kier alpha value is -1.26. The van der Waals surface area contributed by atoms with E-state index in [1.54, 1.807) is 26.1 Å². The molecule has 0 aliphatic rings. The van der Waals surface area contributed by atoms with Crippen LogP contribution < -0.4 is 5.32 Å². The van der Waals surface area contributed by atoms with Crippen molar-refractivity contribution in [1.29, 1.82) is 0 Å². The molecule has 1 aromatic heterocycles. The number of hydrogen-bond acceptors (Lipinski definition) is 2. The van der Waals surface area contributed by atoms with Crippen LogP contribution in [0.15, 0.2) is 29.0 Å². The highest BCUT2D eigenvalue weighted by Gasteiger charge is 2.19. The second-order valence-corrected chi connectivity index (χ2v) is 4.66. The van der Waals surface area contributed by atoms with Gasteiger partial charge in [-0.2, -0.15) is 11.3 Å². The average molecular weight is 253 g/mol. The molecule has 4 heteroatoms. The van der Waals surface area contributed by atoms with E-state index >= 15 is 0 Å². The Morgan fingerprint density at radius 2 is 1.94 bits per heavy atom. The summed E-state index contributed by atoms with van der Waals surface area (Å²) in [5, 5.41) is 6.86. The Bertz CT molecular complexity index is 508. The number of rotatable bonds is 3. The molecule has 1 N–H and O–H groups in total. The normalized spacial score (nSPS) is 12.7. The van der Waals surface area contributed by atoms with E-state index in [0.29, 0.717) is 11.1 Å². The lowest BCUT2D eigenvalue weighted by Crippen LogP contribution is -2.19. The largest absolute Gasteiger partial charge is 0.309 e. The fraction of sp³-hybridized carbons (Fsp3) is 0.231. The molecule has 90 valence electrons.